The topological polar surface area (TPSA) is 16.4 Å². The molecule has 2 nitrogen and oxygen atoms in total. The van der Waals surface area contributed by atoms with Crippen LogP contribution in [-0.2, 0) is 0 Å². The van der Waals surface area contributed by atoms with Gasteiger partial charge in [-0.1, -0.05) is 195 Å². The zero-order valence-corrected chi connectivity index (χ0v) is 34.1. The Hall–Kier alpha value is -8.20. The van der Waals surface area contributed by atoms with Crippen LogP contribution in [0.4, 0.5) is 11.4 Å². The summed E-state index contributed by atoms with van der Waals surface area (Å²) in [7, 11) is 0. The van der Waals surface area contributed by atoms with Crippen molar-refractivity contribution in [1.29, 1.82) is 0 Å². The molecule has 10 aromatic carbocycles. The third-order valence-electron chi connectivity index (χ3n) is 12.0. The van der Waals surface area contributed by atoms with Crippen molar-refractivity contribution in [2.24, 2.45) is 0 Å². The lowest BCUT2D eigenvalue weighted by molar-refractivity contribution is 0.668. The van der Waals surface area contributed by atoms with Gasteiger partial charge < -0.3 is 9.32 Å². The van der Waals surface area contributed by atoms with Gasteiger partial charge in [0.05, 0.1) is 5.69 Å². The van der Waals surface area contributed by atoms with Crippen molar-refractivity contribution in [3.05, 3.63) is 248 Å². The minimum atomic E-state index is 0.856. The minimum absolute atomic E-state index is 0.856. The Labute approximate surface area is 361 Å². The second-order valence-corrected chi connectivity index (χ2v) is 15.7. The van der Waals surface area contributed by atoms with E-state index in [4.69, 9.17) is 4.42 Å². The van der Waals surface area contributed by atoms with Crippen molar-refractivity contribution in [2.75, 3.05) is 4.90 Å². The average molecular weight is 792 g/mol. The highest BCUT2D eigenvalue weighted by Crippen LogP contribution is 2.42. The zero-order chi connectivity index (χ0) is 41.4. The van der Waals surface area contributed by atoms with E-state index in [0.29, 0.717) is 0 Å². The molecule has 62 heavy (non-hydrogen) atoms. The summed E-state index contributed by atoms with van der Waals surface area (Å²) in [6.07, 6.45) is 8.23. The maximum atomic E-state index is 6.74. The van der Waals surface area contributed by atoms with Gasteiger partial charge in [-0.05, 0) is 109 Å². The smallest absolute Gasteiger partial charge is 0.142 e. The van der Waals surface area contributed by atoms with E-state index in [9.17, 15) is 0 Å². The quantitative estimate of drug-likeness (QED) is 0.107. The first-order valence-electron chi connectivity index (χ1n) is 21.1. The highest BCUT2D eigenvalue weighted by molar-refractivity contribution is 6.14. The molecule has 11 rings (SSSR count). The van der Waals surface area contributed by atoms with Crippen LogP contribution >= 0.6 is 0 Å². The highest BCUT2D eigenvalue weighted by Gasteiger charge is 2.20. The Morgan fingerprint density at radius 2 is 1.08 bits per heavy atom. The van der Waals surface area contributed by atoms with Gasteiger partial charge in [0.25, 0.3) is 0 Å². The van der Waals surface area contributed by atoms with E-state index < -0.39 is 0 Å². The van der Waals surface area contributed by atoms with Crippen LogP contribution in [0, 0.1) is 0 Å². The molecule has 0 saturated heterocycles. The molecule has 2 heteroatoms. The van der Waals surface area contributed by atoms with Gasteiger partial charge in [-0.15, -0.1) is 0 Å². The van der Waals surface area contributed by atoms with Crippen molar-refractivity contribution in [1.82, 2.24) is 0 Å². The number of nitrogens with zero attached hydrogens (tertiary/aromatic N) is 1. The second-order valence-electron chi connectivity index (χ2n) is 15.7. The number of rotatable bonds is 9. The molecule has 0 aliphatic heterocycles. The number of hydrogen-bond donors (Lipinski definition) is 0. The van der Waals surface area contributed by atoms with Crippen LogP contribution in [0.15, 0.2) is 247 Å². The number of benzene rings is 10. The van der Waals surface area contributed by atoms with Gasteiger partial charge in [-0.2, -0.15) is 0 Å². The Balaban J connectivity index is 1.09. The van der Waals surface area contributed by atoms with E-state index in [-0.39, 0.29) is 0 Å². The fourth-order valence-electron chi connectivity index (χ4n) is 9.03. The molecule has 0 spiro atoms. The predicted molar refractivity (Wildman–Crippen MR) is 265 cm³/mol. The van der Waals surface area contributed by atoms with Crippen molar-refractivity contribution in [3.63, 3.8) is 0 Å². The predicted octanol–water partition coefficient (Wildman–Crippen LogP) is 17.0. The Bertz CT molecular complexity index is 3520. The van der Waals surface area contributed by atoms with Crippen molar-refractivity contribution in [3.8, 4) is 33.4 Å². The fraction of sp³-hybridized carbons (Fsp3) is 0. The number of allylic oxidation sites excluding steroid dienone is 3. The fourth-order valence-corrected chi connectivity index (χ4v) is 9.03. The van der Waals surface area contributed by atoms with Gasteiger partial charge in [-0.25, -0.2) is 0 Å². The first kappa shape index (κ1) is 36.8. The molecule has 11 aromatic rings. The minimum Gasteiger partial charge on any atom is -0.455 e. The van der Waals surface area contributed by atoms with Crippen LogP contribution in [0.3, 0.4) is 0 Å². The summed E-state index contributed by atoms with van der Waals surface area (Å²) >= 11 is 0. The summed E-state index contributed by atoms with van der Waals surface area (Å²) in [5, 5.41) is 9.35. The Kier molecular flexibility index (Phi) is 9.37. The van der Waals surface area contributed by atoms with Crippen molar-refractivity contribution in [2.45, 2.75) is 0 Å². The molecule has 0 bridgehead atoms. The van der Waals surface area contributed by atoms with Gasteiger partial charge in [0.15, 0.2) is 0 Å². The summed E-state index contributed by atoms with van der Waals surface area (Å²) < 4.78 is 6.74. The molecule has 292 valence electrons. The summed E-state index contributed by atoms with van der Waals surface area (Å²) in [4.78, 5) is 2.37. The lowest BCUT2D eigenvalue weighted by Gasteiger charge is -2.28. The molecule has 0 unspecified atom stereocenters. The second kappa shape index (κ2) is 15.8. The zero-order valence-electron chi connectivity index (χ0n) is 34.1. The highest BCUT2D eigenvalue weighted by atomic mass is 16.3. The maximum Gasteiger partial charge on any atom is 0.142 e. The van der Waals surface area contributed by atoms with E-state index in [1.54, 1.807) is 0 Å². The molecule has 0 atom stereocenters. The van der Waals surface area contributed by atoms with Crippen LogP contribution in [-0.4, -0.2) is 0 Å². The van der Waals surface area contributed by atoms with Gasteiger partial charge in [0, 0.05) is 33.1 Å². The molecule has 0 aliphatic carbocycles. The number of fused-ring (bicyclic) bond motifs is 7. The SMILES string of the molecule is C=C/C=C\C(=C\c1cccc2c1oc1cc3ccccc3cc12)N(c1ccc(-c2ccc(-c3ccccc3)c(-c3ccccc3)c2)cc1)c1cccc2c1ccc1ccccc12. The molecular formula is C60H41NO. The largest absolute Gasteiger partial charge is 0.455 e. The van der Waals surface area contributed by atoms with Crippen molar-refractivity contribution < 1.29 is 4.42 Å². The summed E-state index contributed by atoms with van der Waals surface area (Å²) in [6, 6.07) is 76.2. The standard InChI is InChI=1S/C60H41NO/c1-2-3-24-50(37-48-23-14-27-55-57-39-45-21-10-11-22-46(45)40-59(57)62-60(48)55)61(58-28-15-26-53-51-25-13-12-20-44(51)31-36-54(53)58)49-33-29-41(30-34-49)47-32-35-52(42-16-6-4-7-17-42)56(38-47)43-18-8-5-9-19-43/h2-40H,1H2/b24-3-,50-37-. The van der Waals surface area contributed by atoms with E-state index in [2.05, 4.69) is 236 Å². The summed E-state index contributed by atoms with van der Waals surface area (Å²) in [5.41, 5.74) is 12.9. The van der Waals surface area contributed by atoms with Crippen LogP contribution in [0.5, 0.6) is 0 Å². The third-order valence-corrected chi connectivity index (χ3v) is 12.0. The molecule has 1 aromatic heterocycles. The molecule has 0 saturated carbocycles. The lowest BCUT2D eigenvalue weighted by atomic mass is 9.91. The Morgan fingerprint density at radius 1 is 0.435 bits per heavy atom. The number of furan rings is 1. The molecule has 0 N–H and O–H groups in total. The van der Waals surface area contributed by atoms with Crippen LogP contribution in [0.1, 0.15) is 5.56 Å². The first-order chi connectivity index (χ1) is 30.7. The third kappa shape index (κ3) is 6.65. The number of hydrogen-bond acceptors (Lipinski definition) is 2. The van der Waals surface area contributed by atoms with Gasteiger partial charge in [0.1, 0.15) is 11.2 Å². The molecular weight excluding hydrogens is 751 g/mol. The normalized spacial score (nSPS) is 12.0. The van der Waals surface area contributed by atoms with Crippen molar-refractivity contribution >= 4 is 71.7 Å². The molecule has 0 fully saturated rings. The number of para-hydroxylation sites is 1. The van der Waals surface area contributed by atoms with Crippen LogP contribution in [0.2, 0.25) is 0 Å². The van der Waals surface area contributed by atoms with E-state index in [0.717, 1.165) is 66.5 Å². The lowest BCUT2D eigenvalue weighted by Crippen LogP contribution is -2.15. The van der Waals surface area contributed by atoms with Gasteiger partial charge in [0.2, 0.25) is 0 Å². The van der Waals surface area contributed by atoms with Gasteiger partial charge in [-0.3, -0.25) is 0 Å². The molecule has 0 amide bonds. The van der Waals surface area contributed by atoms with Crippen LogP contribution in [0.25, 0.3) is 93.7 Å². The molecule has 0 aliphatic rings. The monoisotopic (exact) mass is 791 g/mol. The molecule has 0 radical (unpaired) electrons. The van der Waals surface area contributed by atoms with Crippen LogP contribution < -0.4 is 4.90 Å². The summed E-state index contributed by atoms with van der Waals surface area (Å²) in [5.74, 6) is 0. The van der Waals surface area contributed by atoms with Gasteiger partial charge >= 0.3 is 0 Å². The van der Waals surface area contributed by atoms with E-state index in [1.807, 2.05) is 12.2 Å². The van der Waals surface area contributed by atoms with E-state index in [1.165, 1.54) is 43.8 Å². The number of anilines is 2. The Morgan fingerprint density at radius 3 is 1.85 bits per heavy atom. The van der Waals surface area contributed by atoms with E-state index >= 15 is 0 Å². The maximum absolute atomic E-state index is 6.74. The molecule has 1 heterocycles. The summed E-state index contributed by atoms with van der Waals surface area (Å²) in [6.45, 7) is 4.08. The first-order valence-corrected chi connectivity index (χ1v) is 21.1. The average Bonchev–Trinajstić information content (AvgIpc) is 3.71.